The van der Waals surface area contributed by atoms with E-state index in [1.165, 1.54) is 5.56 Å². The quantitative estimate of drug-likeness (QED) is 0.886. The maximum Gasteiger partial charge on any atom is 0.126 e. The number of anilines is 1. The van der Waals surface area contributed by atoms with Crippen LogP contribution in [0.1, 0.15) is 31.1 Å². The third kappa shape index (κ3) is 3.52. The summed E-state index contributed by atoms with van der Waals surface area (Å²) in [6.45, 7) is 5.48. The molecule has 1 aromatic heterocycles. The monoisotopic (exact) mass is 286 g/mol. The van der Waals surface area contributed by atoms with Gasteiger partial charge in [0.05, 0.1) is 13.2 Å². The van der Waals surface area contributed by atoms with Gasteiger partial charge in [-0.25, -0.2) is 0 Å². The number of methoxy groups -OCH3 is 1. The molecule has 1 aromatic carbocycles. The van der Waals surface area contributed by atoms with Crippen LogP contribution in [0.3, 0.4) is 0 Å². The van der Waals surface area contributed by atoms with Crippen molar-refractivity contribution in [1.82, 2.24) is 4.98 Å². The fourth-order valence-corrected chi connectivity index (χ4v) is 2.48. The molecule has 0 aliphatic heterocycles. The molecule has 0 unspecified atom stereocenters. The van der Waals surface area contributed by atoms with Crippen molar-refractivity contribution >= 4 is 5.69 Å². The van der Waals surface area contributed by atoms with Crippen molar-refractivity contribution in [3.63, 3.8) is 0 Å². The van der Waals surface area contributed by atoms with Crippen molar-refractivity contribution in [3.8, 4) is 5.75 Å². The zero-order chi connectivity index (χ0) is 15.2. The molecule has 0 saturated carbocycles. The third-order valence-corrected chi connectivity index (χ3v) is 3.53. The second-order valence-corrected chi connectivity index (χ2v) is 4.94. The number of aliphatic hydroxyl groups excluding tert-OH is 1. The molecule has 2 rings (SSSR count). The summed E-state index contributed by atoms with van der Waals surface area (Å²) in [5.41, 5.74) is 3.02. The van der Waals surface area contributed by atoms with Crippen LogP contribution in [0, 0.1) is 0 Å². The maximum atomic E-state index is 10.1. The van der Waals surface area contributed by atoms with E-state index >= 15 is 0 Å². The topological polar surface area (TPSA) is 45.6 Å². The summed E-state index contributed by atoms with van der Waals surface area (Å²) in [7, 11) is 1.63. The van der Waals surface area contributed by atoms with E-state index in [4.69, 9.17) is 4.74 Å². The summed E-state index contributed by atoms with van der Waals surface area (Å²) < 4.78 is 5.40. The van der Waals surface area contributed by atoms with E-state index < -0.39 is 6.10 Å². The zero-order valence-electron chi connectivity index (χ0n) is 12.8. The molecule has 0 spiro atoms. The van der Waals surface area contributed by atoms with Gasteiger partial charge in [-0.05, 0) is 43.7 Å². The number of pyridine rings is 1. The van der Waals surface area contributed by atoms with E-state index in [0.717, 1.165) is 30.1 Å². The lowest BCUT2D eigenvalue weighted by Gasteiger charge is -2.28. The molecule has 0 aliphatic rings. The van der Waals surface area contributed by atoms with Crippen LogP contribution in [0.4, 0.5) is 5.69 Å². The van der Waals surface area contributed by atoms with Crippen LogP contribution in [-0.4, -0.2) is 23.7 Å². The number of benzene rings is 1. The van der Waals surface area contributed by atoms with Gasteiger partial charge in [-0.3, -0.25) is 4.98 Å². The van der Waals surface area contributed by atoms with Gasteiger partial charge in [0.2, 0.25) is 0 Å². The highest BCUT2D eigenvalue weighted by Gasteiger charge is 2.18. The second-order valence-electron chi connectivity index (χ2n) is 4.94. The molecule has 1 atom stereocenters. The first-order valence-corrected chi connectivity index (χ1v) is 7.16. The number of hydrogen-bond acceptors (Lipinski definition) is 4. The molecule has 4 heteroatoms. The molecule has 0 radical (unpaired) electrons. The van der Waals surface area contributed by atoms with Gasteiger partial charge in [-0.2, -0.15) is 0 Å². The van der Waals surface area contributed by atoms with Crippen molar-refractivity contribution in [2.45, 2.75) is 26.5 Å². The third-order valence-electron chi connectivity index (χ3n) is 3.53. The molecule has 4 nitrogen and oxygen atoms in total. The maximum absolute atomic E-state index is 10.1. The molecule has 112 valence electrons. The van der Waals surface area contributed by atoms with E-state index in [0.29, 0.717) is 0 Å². The van der Waals surface area contributed by atoms with Gasteiger partial charge in [-0.1, -0.05) is 6.07 Å². The fraction of sp³-hybridized carbons (Fsp3) is 0.353. The zero-order valence-corrected chi connectivity index (χ0v) is 12.8. The van der Waals surface area contributed by atoms with Crippen LogP contribution >= 0.6 is 0 Å². The molecule has 1 N–H and O–H groups in total. The van der Waals surface area contributed by atoms with Crippen LogP contribution in [0.2, 0.25) is 0 Å². The summed E-state index contributed by atoms with van der Waals surface area (Å²) in [6.07, 6.45) is 3.01. The molecule has 2 aromatic rings. The Hall–Kier alpha value is -2.07. The van der Waals surface area contributed by atoms with Gasteiger partial charge >= 0.3 is 0 Å². The SMILES string of the molecule is CCN(Cc1ccncc1)c1cccc(OC)c1[C@@H](C)O. The van der Waals surface area contributed by atoms with Crippen molar-refractivity contribution in [2.75, 3.05) is 18.6 Å². The Kier molecular flexibility index (Phi) is 5.17. The predicted octanol–water partition coefficient (Wildman–Crippen LogP) is 3.17. The number of rotatable bonds is 6. The number of hydrogen-bond donors (Lipinski definition) is 1. The summed E-state index contributed by atoms with van der Waals surface area (Å²) >= 11 is 0. The van der Waals surface area contributed by atoms with Crippen molar-refractivity contribution in [1.29, 1.82) is 0 Å². The Morgan fingerprint density at radius 3 is 2.52 bits per heavy atom. The summed E-state index contributed by atoms with van der Waals surface area (Å²) in [5.74, 6) is 0.718. The minimum absolute atomic E-state index is 0.581. The molecular formula is C17H22N2O2. The standard InChI is InChI=1S/C17H22N2O2/c1-4-19(12-14-8-10-18-11-9-14)15-6-5-7-16(21-3)17(15)13(2)20/h5-11,13,20H,4,12H2,1-3H3/t13-/m1/s1. The lowest BCUT2D eigenvalue weighted by atomic mass is 10.0. The molecule has 21 heavy (non-hydrogen) atoms. The minimum Gasteiger partial charge on any atom is -0.496 e. The summed E-state index contributed by atoms with van der Waals surface area (Å²) in [5, 5.41) is 10.1. The summed E-state index contributed by atoms with van der Waals surface area (Å²) in [4.78, 5) is 6.27. The van der Waals surface area contributed by atoms with E-state index in [2.05, 4.69) is 16.8 Å². The summed E-state index contributed by atoms with van der Waals surface area (Å²) in [6, 6.07) is 9.87. The minimum atomic E-state index is -0.581. The molecule has 0 saturated heterocycles. The molecule has 0 aliphatic carbocycles. The molecule has 1 heterocycles. The highest BCUT2D eigenvalue weighted by molar-refractivity contribution is 5.60. The normalized spacial score (nSPS) is 12.0. The van der Waals surface area contributed by atoms with Gasteiger partial charge in [0.1, 0.15) is 5.75 Å². The molecule has 0 fully saturated rings. The number of ether oxygens (including phenoxy) is 1. The van der Waals surface area contributed by atoms with Gasteiger partial charge in [0, 0.05) is 36.7 Å². The van der Waals surface area contributed by atoms with Crippen LogP contribution < -0.4 is 9.64 Å². The van der Waals surface area contributed by atoms with Gasteiger partial charge in [0.25, 0.3) is 0 Å². The first-order valence-electron chi connectivity index (χ1n) is 7.16. The number of aromatic nitrogens is 1. The van der Waals surface area contributed by atoms with Crippen molar-refractivity contribution in [3.05, 3.63) is 53.9 Å². The van der Waals surface area contributed by atoms with E-state index in [1.54, 1.807) is 26.4 Å². The fourth-order valence-electron chi connectivity index (χ4n) is 2.48. The molecular weight excluding hydrogens is 264 g/mol. The average Bonchev–Trinajstić information content (AvgIpc) is 2.52. The van der Waals surface area contributed by atoms with Crippen LogP contribution in [0.25, 0.3) is 0 Å². The number of nitrogens with zero attached hydrogens (tertiary/aromatic N) is 2. The number of aliphatic hydroxyl groups is 1. The van der Waals surface area contributed by atoms with Crippen LogP contribution in [-0.2, 0) is 6.54 Å². The molecule has 0 amide bonds. The highest BCUT2D eigenvalue weighted by Crippen LogP contribution is 2.35. The lowest BCUT2D eigenvalue weighted by Crippen LogP contribution is -2.24. The van der Waals surface area contributed by atoms with E-state index in [-0.39, 0.29) is 0 Å². The van der Waals surface area contributed by atoms with E-state index in [9.17, 15) is 5.11 Å². The van der Waals surface area contributed by atoms with Crippen LogP contribution in [0.5, 0.6) is 5.75 Å². The first-order chi connectivity index (χ1) is 10.2. The Morgan fingerprint density at radius 1 is 1.24 bits per heavy atom. The Labute approximate surface area is 126 Å². The second kappa shape index (κ2) is 7.09. The van der Waals surface area contributed by atoms with Crippen molar-refractivity contribution in [2.24, 2.45) is 0 Å². The highest BCUT2D eigenvalue weighted by atomic mass is 16.5. The van der Waals surface area contributed by atoms with E-state index in [1.807, 2.05) is 30.3 Å². The lowest BCUT2D eigenvalue weighted by molar-refractivity contribution is 0.194. The average molecular weight is 286 g/mol. The van der Waals surface area contributed by atoms with Crippen molar-refractivity contribution < 1.29 is 9.84 Å². The van der Waals surface area contributed by atoms with Gasteiger partial charge < -0.3 is 14.7 Å². The first kappa shape index (κ1) is 15.3. The Morgan fingerprint density at radius 2 is 1.95 bits per heavy atom. The molecule has 0 bridgehead atoms. The Bertz CT molecular complexity index is 570. The smallest absolute Gasteiger partial charge is 0.126 e. The van der Waals surface area contributed by atoms with Crippen LogP contribution in [0.15, 0.2) is 42.7 Å². The predicted molar refractivity (Wildman–Crippen MR) is 84.6 cm³/mol. The van der Waals surface area contributed by atoms with Gasteiger partial charge in [-0.15, -0.1) is 0 Å². The largest absolute Gasteiger partial charge is 0.496 e. The Balaban J connectivity index is 2.38. The van der Waals surface area contributed by atoms with Gasteiger partial charge in [0.15, 0.2) is 0 Å².